The Morgan fingerprint density at radius 3 is 2.41 bits per heavy atom. The van der Waals surface area contributed by atoms with Gasteiger partial charge in [0.05, 0.1) is 6.54 Å². The first-order valence-corrected chi connectivity index (χ1v) is 13.5. The van der Waals surface area contributed by atoms with Crippen molar-refractivity contribution < 1.29 is 0 Å². The van der Waals surface area contributed by atoms with Crippen LogP contribution in [0.2, 0.25) is 0 Å². The summed E-state index contributed by atoms with van der Waals surface area (Å²) in [5.41, 5.74) is 7.42. The lowest BCUT2D eigenvalue weighted by atomic mass is 10.0. The molecule has 8 nitrogen and oxygen atoms in total. The average Bonchev–Trinajstić information content (AvgIpc) is 3.39. The number of piperazine rings is 1. The lowest BCUT2D eigenvalue weighted by Gasteiger charge is -2.40. The van der Waals surface area contributed by atoms with E-state index in [0.717, 1.165) is 48.2 Å². The molecule has 0 saturated carbocycles. The first-order chi connectivity index (χ1) is 19.0. The van der Waals surface area contributed by atoms with Crippen molar-refractivity contribution >= 4 is 16.6 Å². The van der Waals surface area contributed by atoms with Crippen LogP contribution in [0.3, 0.4) is 0 Å². The third-order valence-electron chi connectivity index (χ3n) is 7.69. The Hall–Kier alpha value is -4.30. The number of hydrogen-bond donors (Lipinski definition) is 1. The summed E-state index contributed by atoms with van der Waals surface area (Å²) in [7, 11) is 0. The maximum Gasteiger partial charge on any atom is 0.253 e. The molecular weight excluding hydrogens is 486 g/mol. The standard InChI is InChI=1S/C31H33N7O/c1-21-10-12-25-19-26(31(39)32-27(25)17-21)29(30-33-34-35-38(30)20-24-7-5-4-6-8-24)37-15-13-36(14-16-37)28-18-22(2)9-11-23(28)3/h4-12,17-19,29H,13-16,20H2,1-3H3,(H,32,39)/t29-/m0/s1. The summed E-state index contributed by atoms with van der Waals surface area (Å²) in [6.45, 7) is 10.1. The molecule has 1 fully saturated rings. The topological polar surface area (TPSA) is 82.9 Å². The zero-order chi connectivity index (χ0) is 26.9. The number of fused-ring (bicyclic) bond motifs is 1. The number of tetrazole rings is 1. The van der Waals surface area contributed by atoms with Gasteiger partial charge in [-0.25, -0.2) is 4.68 Å². The zero-order valence-electron chi connectivity index (χ0n) is 22.6. The second kappa shape index (κ2) is 10.5. The van der Waals surface area contributed by atoms with Gasteiger partial charge < -0.3 is 9.88 Å². The Balaban J connectivity index is 1.38. The van der Waals surface area contributed by atoms with Crippen LogP contribution in [-0.2, 0) is 6.54 Å². The van der Waals surface area contributed by atoms with Crippen LogP contribution in [0, 0.1) is 20.8 Å². The molecule has 1 aliphatic heterocycles. The number of nitrogens with one attached hydrogen (secondary N) is 1. The average molecular weight is 520 g/mol. The van der Waals surface area contributed by atoms with Crippen LogP contribution in [0.5, 0.6) is 0 Å². The molecule has 3 heterocycles. The van der Waals surface area contributed by atoms with Gasteiger partial charge >= 0.3 is 0 Å². The SMILES string of the molecule is Cc1ccc(C)c(N2CCN([C@@H](c3cc4ccc(C)cc4[nH]c3=O)c3nnnn3Cc3ccccc3)CC2)c1. The largest absolute Gasteiger partial charge is 0.369 e. The molecule has 2 aromatic heterocycles. The Bertz CT molecular complexity index is 1670. The number of aromatic nitrogens is 5. The fraction of sp³-hybridized carbons (Fsp3) is 0.290. The summed E-state index contributed by atoms with van der Waals surface area (Å²) in [5.74, 6) is 0.677. The summed E-state index contributed by atoms with van der Waals surface area (Å²) < 4.78 is 1.83. The molecule has 0 unspecified atom stereocenters. The summed E-state index contributed by atoms with van der Waals surface area (Å²) in [5, 5.41) is 13.9. The highest BCUT2D eigenvalue weighted by atomic mass is 16.1. The molecule has 0 radical (unpaired) electrons. The summed E-state index contributed by atoms with van der Waals surface area (Å²) >= 11 is 0. The second-order valence-corrected chi connectivity index (χ2v) is 10.5. The molecule has 198 valence electrons. The molecule has 3 aromatic carbocycles. The first kappa shape index (κ1) is 25.0. The fourth-order valence-corrected chi connectivity index (χ4v) is 5.59. The van der Waals surface area contributed by atoms with Gasteiger partial charge in [-0.15, -0.1) is 5.10 Å². The van der Waals surface area contributed by atoms with E-state index in [1.54, 1.807) is 0 Å². The minimum absolute atomic E-state index is 0.107. The van der Waals surface area contributed by atoms with Gasteiger partial charge in [-0.1, -0.05) is 54.6 Å². The molecule has 0 spiro atoms. The Kier molecular flexibility index (Phi) is 6.70. The van der Waals surface area contributed by atoms with Gasteiger partial charge in [0.15, 0.2) is 5.82 Å². The maximum atomic E-state index is 13.6. The molecule has 1 N–H and O–H groups in total. The molecule has 5 aromatic rings. The molecular formula is C31H33N7O. The highest BCUT2D eigenvalue weighted by Crippen LogP contribution is 2.30. The van der Waals surface area contributed by atoms with Gasteiger partial charge in [-0.2, -0.15) is 0 Å². The van der Waals surface area contributed by atoms with E-state index < -0.39 is 0 Å². The van der Waals surface area contributed by atoms with Gasteiger partial charge in [0.2, 0.25) is 0 Å². The lowest BCUT2D eigenvalue weighted by molar-refractivity contribution is 0.200. The number of pyridine rings is 1. The third-order valence-corrected chi connectivity index (χ3v) is 7.69. The molecule has 1 saturated heterocycles. The molecule has 39 heavy (non-hydrogen) atoms. The van der Waals surface area contributed by atoms with Crippen LogP contribution in [0.25, 0.3) is 10.9 Å². The predicted molar refractivity (Wildman–Crippen MR) is 154 cm³/mol. The zero-order valence-corrected chi connectivity index (χ0v) is 22.6. The van der Waals surface area contributed by atoms with E-state index in [1.165, 1.54) is 16.8 Å². The highest BCUT2D eigenvalue weighted by molar-refractivity contribution is 5.79. The summed E-state index contributed by atoms with van der Waals surface area (Å²) in [4.78, 5) is 21.5. The second-order valence-electron chi connectivity index (χ2n) is 10.5. The number of hydrogen-bond acceptors (Lipinski definition) is 6. The molecule has 1 aliphatic rings. The van der Waals surface area contributed by atoms with E-state index in [4.69, 9.17) is 0 Å². The van der Waals surface area contributed by atoms with E-state index in [1.807, 2.05) is 41.9 Å². The Morgan fingerprint density at radius 2 is 1.62 bits per heavy atom. The molecule has 8 heteroatoms. The van der Waals surface area contributed by atoms with Crippen LogP contribution in [-0.4, -0.2) is 56.3 Å². The molecule has 0 aliphatic carbocycles. The highest BCUT2D eigenvalue weighted by Gasteiger charge is 2.33. The summed E-state index contributed by atoms with van der Waals surface area (Å²) in [6, 6.07) is 24.5. The van der Waals surface area contributed by atoms with Crippen molar-refractivity contribution in [2.75, 3.05) is 31.1 Å². The lowest BCUT2D eigenvalue weighted by Crippen LogP contribution is -2.49. The number of anilines is 1. The normalized spacial score (nSPS) is 15.1. The minimum Gasteiger partial charge on any atom is -0.369 e. The third kappa shape index (κ3) is 5.07. The monoisotopic (exact) mass is 519 g/mol. The van der Waals surface area contributed by atoms with E-state index >= 15 is 0 Å². The smallest absolute Gasteiger partial charge is 0.253 e. The first-order valence-electron chi connectivity index (χ1n) is 13.5. The van der Waals surface area contributed by atoms with Crippen molar-refractivity contribution in [1.82, 2.24) is 30.1 Å². The molecule has 0 bridgehead atoms. The van der Waals surface area contributed by atoms with Crippen molar-refractivity contribution in [2.45, 2.75) is 33.4 Å². The predicted octanol–water partition coefficient (Wildman–Crippen LogP) is 4.40. The number of H-pyrrole nitrogens is 1. The van der Waals surface area contributed by atoms with Gasteiger partial charge in [0.25, 0.3) is 5.56 Å². The van der Waals surface area contributed by atoms with Crippen LogP contribution >= 0.6 is 0 Å². The number of rotatable bonds is 6. The van der Waals surface area contributed by atoms with Gasteiger partial charge in [-0.3, -0.25) is 9.69 Å². The number of aryl methyl sites for hydroxylation is 3. The van der Waals surface area contributed by atoms with Crippen LogP contribution in [0.1, 0.15) is 39.7 Å². The molecule has 0 amide bonds. The molecule has 1 atom stereocenters. The number of aromatic amines is 1. The van der Waals surface area contributed by atoms with Crippen LogP contribution < -0.4 is 10.5 Å². The number of benzene rings is 3. The van der Waals surface area contributed by atoms with Crippen molar-refractivity contribution in [3.05, 3.63) is 117 Å². The van der Waals surface area contributed by atoms with Gasteiger partial charge in [0.1, 0.15) is 6.04 Å². The summed E-state index contributed by atoms with van der Waals surface area (Å²) in [6.07, 6.45) is 0. The van der Waals surface area contributed by atoms with E-state index in [0.29, 0.717) is 17.9 Å². The van der Waals surface area contributed by atoms with Gasteiger partial charge in [-0.05, 0) is 77.0 Å². The molecule has 6 rings (SSSR count). The van der Waals surface area contributed by atoms with E-state index in [-0.39, 0.29) is 11.6 Å². The van der Waals surface area contributed by atoms with Crippen molar-refractivity contribution in [1.29, 1.82) is 0 Å². The van der Waals surface area contributed by atoms with Crippen molar-refractivity contribution in [3.63, 3.8) is 0 Å². The van der Waals surface area contributed by atoms with E-state index in [9.17, 15) is 4.79 Å². The number of nitrogens with zero attached hydrogens (tertiary/aromatic N) is 6. The quantitative estimate of drug-likeness (QED) is 0.358. The van der Waals surface area contributed by atoms with E-state index in [2.05, 4.69) is 86.6 Å². The fourth-order valence-electron chi connectivity index (χ4n) is 5.59. The maximum absolute atomic E-state index is 13.6. The van der Waals surface area contributed by atoms with Crippen molar-refractivity contribution in [3.8, 4) is 0 Å². The Morgan fingerprint density at radius 1 is 0.872 bits per heavy atom. The van der Waals surface area contributed by atoms with Crippen LogP contribution in [0.15, 0.2) is 77.6 Å². The van der Waals surface area contributed by atoms with Crippen molar-refractivity contribution in [2.24, 2.45) is 0 Å². The van der Waals surface area contributed by atoms with Crippen LogP contribution in [0.4, 0.5) is 5.69 Å². The van der Waals surface area contributed by atoms with Gasteiger partial charge in [0, 0.05) is 42.9 Å². The Labute approximate surface area is 227 Å². The minimum atomic E-state index is -0.376.